The van der Waals surface area contributed by atoms with Gasteiger partial charge in [0.25, 0.3) is 0 Å². The third-order valence-electron chi connectivity index (χ3n) is 3.12. The highest BCUT2D eigenvalue weighted by molar-refractivity contribution is 7.80. The lowest BCUT2D eigenvalue weighted by molar-refractivity contribution is 0.417. The van der Waals surface area contributed by atoms with Gasteiger partial charge in [0.1, 0.15) is 5.75 Å². The fraction of sp³-hybridized carbons (Fsp3) is 0.188. The molecular formula is C16H18N2OS. The quantitative estimate of drug-likeness (QED) is 0.832. The van der Waals surface area contributed by atoms with Crippen LogP contribution >= 0.6 is 12.2 Å². The van der Waals surface area contributed by atoms with E-state index in [1.807, 2.05) is 30.3 Å². The normalized spacial score (nSPS) is 9.95. The van der Waals surface area contributed by atoms with Gasteiger partial charge >= 0.3 is 0 Å². The molecule has 4 heteroatoms. The van der Waals surface area contributed by atoms with E-state index >= 15 is 0 Å². The minimum Gasteiger partial charge on any atom is -0.495 e. The number of ether oxygens (including phenoxy) is 1. The van der Waals surface area contributed by atoms with Gasteiger partial charge in [0.15, 0.2) is 5.11 Å². The van der Waals surface area contributed by atoms with Crippen LogP contribution in [0.4, 0.5) is 11.4 Å². The van der Waals surface area contributed by atoms with Crippen LogP contribution in [0, 0.1) is 13.8 Å². The molecule has 0 spiro atoms. The average molecular weight is 286 g/mol. The second-order valence-electron chi connectivity index (χ2n) is 4.58. The number of anilines is 2. The maximum atomic E-state index is 5.32. The van der Waals surface area contributed by atoms with Gasteiger partial charge < -0.3 is 15.4 Å². The van der Waals surface area contributed by atoms with Crippen molar-refractivity contribution in [3.63, 3.8) is 0 Å². The molecule has 0 aliphatic heterocycles. The second-order valence-corrected chi connectivity index (χ2v) is 4.99. The summed E-state index contributed by atoms with van der Waals surface area (Å²) in [5, 5.41) is 6.85. The average Bonchev–Trinajstić information content (AvgIpc) is 2.43. The molecule has 2 aromatic rings. The molecule has 0 aliphatic carbocycles. The van der Waals surface area contributed by atoms with Crippen LogP contribution in [0.1, 0.15) is 11.1 Å². The molecule has 0 heterocycles. The highest BCUT2D eigenvalue weighted by Gasteiger charge is 2.04. The summed E-state index contributed by atoms with van der Waals surface area (Å²) in [5.74, 6) is 0.761. The summed E-state index contributed by atoms with van der Waals surface area (Å²) in [6.07, 6.45) is 0. The Morgan fingerprint density at radius 2 is 1.75 bits per heavy atom. The van der Waals surface area contributed by atoms with E-state index in [1.54, 1.807) is 7.11 Å². The van der Waals surface area contributed by atoms with Gasteiger partial charge in [-0.2, -0.15) is 0 Å². The van der Waals surface area contributed by atoms with Crippen molar-refractivity contribution in [3.8, 4) is 5.75 Å². The van der Waals surface area contributed by atoms with Gasteiger partial charge in [0.2, 0.25) is 0 Å². The molecule has 2 N–H and O–H groups in total. The van der Waals surface area contributed by atoms with Crippen molar-refractivity contribution in [1.29, 1.82) is 0 Å². The van der Waals surface area contributed by atoms with E-state index in [2.05, 4.69) is 36.6 Å². The third-order valence-corrected chi connectivity index (χ3v) is 3.32. The van der Waals surface area contributed by atoms with Crippen molar-refractivity contribution in [1.82, 2.24) is 0 Å². The highest BCUT2D eigenvalue weighted by atomic mass is 32.1. The van der Waals surface area contributed by atoms with Gasteiger partial charge in [0, 0.05) is 5.69 Å². The highest BCUT2D eigenvalue weighted by Crippen LogP contribution is 2.23. The topological polar surface area (TPSA) is 33.3 Å². The summed E-state index contributed by atoms with van der Waals surface area (Å²) in [5.41, 5.74) is 4.31. The summed E-state index contributed by atoms with van der Waals surface area (Å²) in [4.78, 5) is 0. The number of rotatable bonds is 3. The number of thiocarbonyl (C=S) groups is 1. The molecule has 0 saturated carbocycles. The van der Waals surface area contributed by atoms with Crippen molar-refractivity contribution in [2.45, 2.75) is 13.8 Å². The summed E-state index contributed by atoms with van der Waals surface area (Å²) in [6, 6.07) is 13.8. The Morgan fingerprint density at radius 3 is 2.45 bits per heavy atom. The van der Waals surface area contributed by atoms with E-state index in [-0.39, 0.29) is 0 Å². The zero-order valence-corrected chi connectivity index (χ0v) is 12.7. The van der Waals surface area contributed by atoms with Crippen LogP contribution in [-0.2, 0) is 0 Å². The zero-order valence-electron chi connectivity index (χ0n) is 11.9. The van der Waals surface area contributed by atoms with E-state index in [9.17, 15) is 0 Å². The summed E-state index contributed by atoms with van der Waals surface area (Å²) >= 11 is 5.32. The van der Waals surface area contributed by atoms with Gasteiger partial charge in [-0.15, -0.1) is 0 Å². The predicted molar refractivity (Wildman–Crippen MR) is 88.8 cm³/mol. The molecule has 3 nitrogen and oxygen atoms in total. The minimum atomic E-state index is 0.540. The Bertz CT molecular complexity index is 626. The first-order valence-electron chi connectivity index (χ1n) is 6.38. The first kappa shape index (κ1) is 14.3. The lowest BCUT2D eigenvalue weighted by Gasteiger charge is -2.14. The number of aryl methyl sites for hydroxylation is 2. The summed E-state index contributed by atoms with van der Waals surface area (Å²) < 4.78 is 5.28. The van der Waals surface area contributed by atoms with Gasteiger partial charge in [-0.1, -0.05) is 18.2 Å². The van der Waals surface area contributed by atoms with E-state index in [1.165, 1.54) is 11.1 Å². The van der Waals surface area contributed by atoms with Crippen LogP contribution in [0.25, 0.3) is 0 Å². The molecule has 0 fully saturated rings. The minimum absolute atomic E-state index is 0.540. The molecular weight excluding hydrogens is 268 g/mol. The van der Waals surface area contributed by atoms with E-state index in [0.29, 0.717) is 5.11 Å². The van der Waals surface area contributed by atoms with Crippen LogP contribution in [-0.4, -0.2) is 12.2 Å². The largest absolute Gasteiger partial charge is 0.495 e. The first-order valence-corrected chi connectivity index (χ1v) is 6.79. The molecule has 0 bridgehead atoms. The number of nitrogens with one attached hydrogen (secondary N) is 2. The lowest BCUT2D eigenvalue weighted by atomic mass is 10.1. The van der Waals surface area contributed by atoms with Crippen LogP contribution in [0.15, 0.2) is 42.5 Å². The van der Waals surface area contributed by atoms with Crippen molar-refractivity contribution >= 4 is 28.7 Å². The second kappa shape index (κ2) is 6.39. The number of methoxy groups -OCH3 is 1. The Labute approximate surface area is 125 Å². The maximum Gasteiger partial charge on any atom is 0.175 e. The molecule has 0 atom stereocenters. The molecule has 20 heavy (non-hydrogen) atoms. The van der Waals surface area contributed by atoms with Crippen molar-refractivity contribution in [2.24, 2.45) is 0 Å². The van der Waals surface area contributed by atoms with Gasteiger partial charge in [-0.05, 0) is 61.5 Å². The Morgan fingerprint density at radius 1 is 1.00 bits per heavy atom. The SMILES string of the molecule is COc1ccccc1NC(=S)Nc1ccc(C)c(C)c1. The van der Waals surface area contributed by atoms with E-state index in [0.717, 1.165) is 17.1 Å². The Balaban J connectivity index is 2.07. The summed E-state index contributed by atoms with van der Waals surface area (Å²) in [6.45, 7) is 4.17. The number of hydrogen-bond donors (Lipinski definition) is 2. The number of benzene rings is 2. The molecule has 0 saturated heterocycles. The van der Waals surface area contributed by atoms with Crippen LogP contribution < -0.4 is 15.4 Å². The smallest absolute Gasteiger partial charge is 0.175 e. The Kier molecular flexibility index (Phi) is 4.58. The summed E-state index contributed by atoms with van der Waals surface area (Å²) in [7, 11) is 1.64. The lowest BCUT2D eigenvalue weighted by Crippen LogP contribution is -2.19. The fourth-order valence-corrected chi connectivity index (χ4v) is 2.08. The van der Waals surface area contributed by atoms with Gasteiger partial charge in [-0.3, -0.25) is 0 Å². The first-order chi connectivity index (χ1) is 9.60. The fourth-order valence-electron chi connectivity index (χ4n) is 1.85. The molecule has 0 aliphatic rings. The number of para-hydroxylation sites is 2. The van der Waals surface area contributed by atoms with Gasteiger partial charge in [-0.25, -0.2) is 0 Å². The molecule has 0 amide bonds. The van der Waals surface area contributed by atoms with Crippen molar-refractivity contribution in [2.75, 3.05) is 17.7 Å². The Hall–Kier alpha value is -2.07. The monoisotopic (exact) mass is 286 g/mol. The van der Waals surface area contributed by atoms with E-state index in [4.69, 9.17) is 17.0 Å². The van der Waals surface area contributed by atoms with Crippen molar-refractivity contribution in [3.05, 3.63) is 53.6 Å². The van der Waals surface area contributed by atoms with Crippen LogP contribution in [0.2, 0.25) is 0 Å². The van der Waals surface area contributed by atoms with Crippen molar-refractivity contribution < 1.29 is 4.74 Å². The standard InChI is InChI=1S/C16H18N2OS/c1-11-8-9-13(10-12(11)2)17-16(20)18-14-6-4-5-7-15(14)19-3/h4-10H,1-3H3,(H2,17,18,20). The van der Waals surface area contributed by atoms with Crippen LogP contribution in [0.5, 0.6) is 5.75 Å². The third kappa shape index (κ3) is 3.48. The predicted octanol–water partition coefficient (Wildman–Crippen LogP) is 4.12. The molecule has 0 radical (unpaired) electrons. The molecule has 2 rings (SSSR count). The van der Waals surface area contributed by atoms with Crippen LogP contribution in [0.3, 0.4) is 0 Å². The molecule has 104 valence electrons. The number of hydrogen-bond acceptors (Lipinski definition) is 2. The zero-order chi connectivity index (χ0) is 14.5. The van der Waals surface area contributed by atoms with Gasteiger partial charge in [0.05, 0.1) is 12.8 Å². The van der Waals surface area contributed by atoms with E-state index < -0.39 is 0 Å². The molecule has 0 aromatic heterocycles. The molecule has 0 unspecified atom stereocenters. The molecule has 2 aromatic carbocycles. The maximum absolute atomic E-state index is 5.32.